The molecule has 0 saturated heterocycles. The molecule has 0 radical (unpaired) electrons. The second-order valence-electron chi connectivity index (χ2n) is 7.26. The molecule has 0 bridgehead atoms. The lowest BCUT2D eigenvalue weighted by Crippen LogP contribution is -2.07. The third-order valence-electron chi connectivity index (χ3n) is 5.26. The summed E-state index contributed by atoms with van der Waals surface area (Å²) in [6, 6.07) is 11.1. The summed E-state index contributed by atoms with van der Waals surface area (Å²) in [6.07, 6.45) is 10.5. The minimum Gasteiger partial charge on any atom is -0.255 e. The van der Waals surface area contributed by atoms with Gasteiger partial charge in [0.2, 0.25) is 0 Å². The molecule has 0 N–H and O–H groups in total. The Balaban J connectivity index is 1.70. The Labute approximate surface area is 160 Å². The van der Waals surface area contributed by atoms with Crippen LogP contribution in [0.1, 0.15) is 49.8 Å². The molecule has 1 aromatic heterocycles. The molecular weight excluding hydrogens is 366 g/mol. The topological polar surface area (TPSA) is 47.0 Å². The van der Waals surface area contributed by atoms with E-state index in [4.69, 9.17) is 11.6 Å². The quantitative estimate of drug-likeness (QED) is 0.699. The summed E-state index contributed by atoms with van der Waals surface area (Å²) in [6.45, 7) is 0. The van der Waals surface area contributed by atoms with E-state index in [9.17, 15) is 8.42 Å². The normalized spacial score (nSPS) is 19.0. The number of sulfone groups is 1. The van der Waals surface area contributed by atoms with Crippen molar-refractivity contribution in [1.82, 2.24) is 4.98 Å². The van der Waals surface area contributed by atoms with Gasteiger partial charge in [0, 0.05) is 11.8 Å². The Morgan fingerprint density at radius 3 is 2.27 bits per heavy atom. The average Bonchev–Trinajstić information content (AvgIpc) is 3.39. The predicted molar refractivity (Wildman–Crippen MR) is 105 cm³/mol. The fourth-order valence-electron chi connectivity index (χ4n) is 3.62. The fourth-order valence-corrected chi connectivity index (χ4v) is 5.39. The minimum absolute atomic E-state index is 0.181. The van der Waals surface area contributed by atoms with Crippen LogP contribution in [0.3, 0.4) is 0 Å². The molecule has 2 aliphatic carbocycles. The molecule has 3 nitrogen and oxygen atoms in total. The molecule has 2 aromatic rings. The smallest absolute Gasteiger partial charge is 0.181 e. The monoisotopic (exact) mass is 387 g/mol. The summed E-state index contributed by atoms with van der Waals surface area (Å²) in [5, 5.41) is 0.430. The summed E-state index contributed by atoms with van der Waals surface area (Å²) in [7, 11) is -3.15. The Morgan fingerprint density at radius 1 is 1.00 bits per heavy atom. The van der Waals surface area contributed by atoms with Crippen molar-refractivity contribution in [1.29, 1.82) is 0 Å². The molecule has 1 heterocycles. The van der Waals surface area contributed by atoms with E-state index in [-0.39, 0.29) is 5.25 Å². The predicted octanol–water partition coefficient (Wildman–Crippen LogP) is 5.29. The van der Waals surface area contributed by atoms with Crippen molar-refractivity contribution in [3.05, 3.63) is 65.0 Å². The number of halogens is 1. The first-order valence-corrected chi connectivity index (χ1v) is 11.1. The van der Waals surface area contributed by atoms with Gasteiger partial charge in [0.05, 0.1) is 20.9 Å². The van der Waals surface area contributed by atoms with E-state index in [0.717, 1.165) is 29.7 Å². The van der Waals surface area contributed by atoms with Gasteiger partial charge >= 0.3 is 0 Å². The van der Waals surface area contributed by atoms with Crippen LogP contribution in [-0.4, -0.2) is 18.7 Å². The van der Waals surface area contributed by atoms with Crippen molar-refractivity contribution in [2.75, 3.05) is 0 Å². The van der Waals surface area contributed by atoms with Crippen molar-refractivity contribution in [2.45, 2.75) is 48.7 Å². The van der Waals surface area contributed by atoms with E-state index in [1.54, 1.807) is 18.3 Å². The molecular formula is C21H22ClNO2S. The first-order valence-electron chi connectivity index (χ1n) is 9.22. The van der Waals surface area contributed by atoms with Crippen LogP contribution in [0, 0.1) is 5.92 Å². The lowest BCUT2D eigenvalue weighted by atomic mass is 9.96. The van der Waals surface area contributed by atoms with E-state index in [1.165, 1.54) is 25.7 Å². The van der Waals surface area contributed by atoms with E-state index in [1.807, 2.05) is 24.3 Å². The third kappa shape index (κ3) is 3.72. The van der Waals surface area contributed by atoms with Gasteiger partial charge in [0.1, 0.15) is 0 Å². The Hall–Kier alpha value is -1.65. The summed E-state index contributed by atoms with van der Waals surface area (Å²) >= 11 is 5.99. The molecule has 0 spiro atoms. The van der Waals surface area contributed by atoms with Crippen molar-refractivity contribution >= 4 is 27.0 Å². The molecule has 0 atom stereocenters. The number of aromatic nitrogens is 1. The highest BCUT2D eigenvalue weighted by molar-refractivity contribution is 7.92. The highest BCUT2D eigenvalue weighted by Gasteiger charge is 2.36. The molecule has 0 amide bonds. The van der Waals surface area contributed by atoms with Gasteiger partial charge in [0.15, 0.2) is 9.84 Å². The molecule has 26 heavy (non-hydrogen) atoms. The Bertz CT molecular complexity index is 907. The number of hydrogen-bond acceptors (Lipinski definition) is 3. The third-order valence-corrected chi connectivity index (χ3v) is 7.76. The van der Waals surface area contributed by atoms with Crippen molar-refractivity contribution in [3.8, 4) is 0 Å². The van der Waals surface area contributed by atoms with Gasteiger partial charge in [-0.1, -0.05) is 42.7 Å². The second kappa shape index (κ2) is 7.16. The molecule has 2 fully saturated rings. The number of benzene rings is 1. The molecule has 0 aliphatic heterocycles. The highest BCUT2D eigenvalue weighted by atomic mass is 35.5. The van der Waals surface area contributed by atoms with Crippen LogP contribution >= 0.6 is 11.6 Å². The molecule has 0 unspecified atom stereocenters. The van der Waals surface area contributed by atoms with Crippen molar-refractivity contribution in [3.63, 3.8) is 0 Å². The molecule has 136 valence electrons. The van der Waals surface area contributed by atoms with Crippen molar-refractivity contribution < 1.29 is 8.42 Å². The molecule has 2 saturated carbocycles. The maximum Gasteiger partial charge on any atom is 0.181 e. The minimum atomic E-state index is -3.15. The number of hydrogen-bond donors (Lipinski definition) is 0. The van der Waals surface area contributed by atoms with Crippen LogP contribution in [0.15, 0.2) is 53.6 Å². The van der Waals surface area contributed by atoms with E-state index in [0.29, 0.717) is 15.8 Å². The standard InChI is InChI=1S/C21H22ClNO2S/c22-17-7-12-21(23-14-17)20(13-15-3-1-2-4-15)16-5-8-18(9-6-16)26(24,25)19-10-11-19/h5-9,12-15,19H,1-4,10-11H2/b20-13+. The number of rotatable bonds is 5. The van der Waals surface area contributed by atoms with Crippen LogP contribution in [0.4, 0.5) is 0 Å². The van der Waals surface area contributed by atoms with Crippen molar-refractivity contribution in [2.24, 2.45) is 5.92 Å². The maximum atomic E-state index is 12.4. The van der Waals surface area contributed by atoms with Crippen LogP contribution in [0.2, 0.25) is 5.02 Å². The zero-order valence-electron chi connectivity index (χ0n) is 14.6. The lowest BCUT2D eigenvalue weighted by Gasteiger charge is -2.12. The average molecular weight is 388 g/mol. The zero-order chi connectivity index (χ0) is 18.1. The summed E-state index contributed by atoms with van der Waals surface area (Å²) in [5.74, 6) is 0.553. The van der Waals surface area contributed by atoms with Gasteiger partial charge in [-0.15, -0.1) is 0 Å². The van der Waals surface area contributed by atoms with Gasteiger partial charge in [-0.25, -0.2) is 8.42 Å². The highest BCUT2D eigenvalue weighted by Crippen LogP contribution is 2.35. The lowest BCUT2D eigenvalue weighted by molar-refractivity contribution is 0.595. The first-order chi connectivity index (χ1) is 12.5. The van der Waals surface area contributed by atoms with E-state index in [2.05, 4.69) is 11.1 Å². The summed E-state index contributed by atoms with van der Waals surface area (Å²) in [4.78, 5) is 4.91. The maximum absolute atomic E-state index is 12.4. The van der Waals surface area contributed by atoms with Gasteiger partial charge in [-0.2, -0.15) is 0 Å². The van der Waals surface area contributed by atoms with E-state index >= 15 is 0 Å². The molecule has 4 rings (SSSR count). The first kappa shape index (κ1) is 17.7. The molecule has 1 aromatic carbocycles. The second-order valence-corrected chi connectivity index (χ2v) is 9.92. The van der Waals surface area contributed by atoms with Gasteiger partial charge in [-0.05, 0) is 61.4 Å². The number of pyridine rings is 1. The van der Waals surface area contributed by atoms with Crippen LogP contribution in [-0.2, 0) is 9.84 Å². The van der Waals surface area contributed by atoms with Gasteiger partial charge in [-0.3, -0.25) is 4.98 Å². The molecule has 5 heteroatoms. The molecule has 2 aliphatic rings. The SMILES string of the molecule is O=S(=O)(c1ccc(/C(=C\C2CCCC2)c2ccc(Cl)cn2)cc1)C1CC1. The van der Waals surface area contributed by atoms with Crippen LogP contribution in [0.5, 0.6) is 0 Å². The number of allylic oxidation sites excluding steroid dienone is 1. The summed E-state index contributed by atoms with van der Waals surface area (Å²) in [5.41, 5.74) is 2.93. The Kier molecular flexibility index (Phi) is 4.89. The van der Waals surface area contributed by atoms with Crippen LogP contribution in [0.25, 0.3) is 5.57 Å². The summed E-state index contributed by atoms with van der Waals surface area (Å²) < 4.78 is 24.8. The van der Waals surface area contributed by atoms with Gasteiger partial charge in [0.25, 0.3) is 0 Å². The Morgan fingerprint density at radius 2 is 1.69 bits per heavy atom. The van der Waals surface area contributed by atoms with Gasteiger partial charge < -0.3 is 0 Å². The van der Waals surface area contributed by atoms with Crippen LogP contribution < -0.4 is 0 Å². The largest absolute Gasteiger partial charge is 0.255 e. The zero-order valence-corrected chi connectivity index (χ0v) is 16.1. The van der Waals surface area contributed by atoms with E-state index < -0.39 is 9.84 Å². The number of nitrogens with zero attached hydrogens (tertiary/aromatic N) is 1. The fraction of sp³-hybridized carbons (Fsp3) is 0.381.